The minimum Gasteiger partial charge on any atom is -0.381 e. The van der Waals surface area contributed by atoms with Crippen molar-refractivity contribution < 1.29 is 4.39 Å². The third-order valence-electron chi connectivity index (χ3n) is 1.87. The van der Waals surface area contributed by atoms with Crippen LogP contribution in [0.15, 0.2) is 24.3 Å². The van der Waals surface area contributed by atoms with Crippen LogP contribution in [0.25, 0.3) is 0 Å². The third-order valence-corrected chi connectivity index (χ3v) is 1.87. The number of hydrogen-bond acceptors (Lipinski definition) is 2. The van der Waals surface area contributed by atoms with Gasteiger partial charge in [-0.3, -0.25) is 0 Å². The lowest BCUT2D eigenvalue weighted by molar-refractivity contribution is 0.598. The van der Waals surface area contributed by atoms with E-state index < -0.39 is 0 Å². The van der Waals surface area contributed by atoms with Gasteiger partial charge in [0.05, 0.1) is 5.69 Å². The van der Waals surface area contributed by atoms with Crippen molar-refractivity contribution in [1.29, 1.82) is 0 Å². The smallest absolute Gasteiger partial charge is 0.146 e. The summed E-state index contributed by atoms with van der Waals surface area (Å²) in [5, 5.41) is 6.28. The SMILES string of the molecule is CC(C)NCCNc1ccccc1F. The molecule has 0 aliphatic rings. The molecule has 0 aliphatic heterocycles. The molecule has 0 fully saturated rings. The largest absolute Gasteiger partial charge is 0.381 e. The molecule has 0 amide bonds. The zero-order valence-electron chi connectivity index (χ0n) is 8.68. The molecule has 0 spiro atoms. The van der Waals surface area contributed by atoms with E-state index in [1.54, 1.807) is 12.1 Å². The Morgan fingerprint density at radius 3 is 2.57 bits per heavy atom. The van der Waals surface area contributed by atoms with Crippen molar-refractivity contribution in [2.75, 3.05) is 18.4 Å². The number of para-hydroxylation sites is 1. The fraction of sp³-hybridized carbons (Fsp3) is 0.455. The maximum atomic E-state index is 13.1. The van der Waals surface area contributed by atoms with Crippen LogP contribution in [-0.4, -0.2) is 19.1 Å². The molecule has 14 heavy (non-hydrogen) atoms. The number of benzene rings is 1. The highest BCUT2D eigenvalue weighted by Crippen LogP contribution is 2.11. The highest BCUT2D eigenvalue weighted by molar-refractivity contribution is 5.44. The van der Waals surface area contributed by atoms with Crippen molar-refractivity contribution in [1.82, 2.24) is 5.32 Å². The van der Waals surface area contributed by atoms with Crippen molar-refractivity contribution >= 4 is 5.69 Å². The lowest BCUT2D eigenvalue weighted by atomic mass is 10.3. The first-order chi connectivity index (χ1) is 6.70. The average Bonchev–Trinajstić information content (AvgIpc) is 2.15. The van der Waals surface area contributed by atoms with E-state index in [1.807, 2.05) is 6.07 Å². The predicted octanol–water partition coefficient (Wildman–Crippen LogP) is 2.24. The van der Waals surface area contributed by atoms with E-state index in [0.717, 1.165) is 13.1 Å². The zero-order valence-corrected chi connectivity index (χ0v) is 8.68. The van der Waals surface area contributed by atoms with E-state index in [9.17, 15) is 4.39 Å². The molecule has 1 aromatic carbocycles. The highest BCUT2D eigenvalue weighted by Gasteiger charge is 1.98. The second-order valence-corrected chi connectivity index (χ2v) is 3.52. The van der Waals surface area contributed by atoms with Crippen LogP contribution in [0, 0.1) is 5.82 Å². The molecule has 2 nitrogen and oxygen atoms in total. The van der Waals surface area contributed by atoms with Gasteiger partial charge in [-0.2, -0.15) is 0 Å². The molecule has 0 atom stereocenters. The van der Waals surface area contributed by atoms with Gasteiger partial charge in [0, 0.05) is 19.1 Å². The fourth-order valence-electron chi connectivity index (χ4n) is 1.16. The molecule has 0 saturated heterocycles. The molecule has 0 aromatic heterocycles. The lowest BCUT2D eigenvalue weighted by Crippen LogP contribution is -2.28. The number of rotatable bonds is 5. The molecule has 0 saturated carbocycles. The summed E-state index contributed by atoms with van der Waals surface area (Å²) >= 11 is 0. The Morgan fingerprint density at radius 2 is 1.93 bits per heavy atom. The maximum Gasteiger partial charge on any atom is 0.146 e. The number of hydrogen-bond donors (Lipinski definition) is 2. The molecular formula is C11H17FN2. The molecule has 0 aliphatic carbocycles. The van der Waals surface area contributed by atoms with Crippen molar-refractivity contribution in [3.05, 3.63) is 30.1 Å². The molecule has 0 heterocycles. The normalized spacial score (nSPS) is 10.6. The van der Waals surface area contributed by atoms with E-state index in [1.165, 1.54) is 6.07 Å². The average molecular weight is 196 g/mol. The van der Waals surface area contributed by atoms with Gasteiger partial charge in [-0.1, -0.05) is 26.0 Å². The minimum atomic E-state index is -0.197. The van der Waals surface area contributed by atoms with Crippen LogP contribution in [0.5, 0.6) is 0 Å². The van der Waals surface area contributed by atoms with Crippen molar-refractivity contribution in [3.8, 4) is 0 Å². The van der Waals surface area contributed by atoms with Crippen LogP contribution >= 0.6 is 0 Å². The summed E-state index contributed by atoms with van der Waals surface area (Å²) in [7, 11) is 0. The molecular weight excluding hydrogens is 179 g/mol. The molecule has 0 unspecified atom stereocenters. The van der Waals surface area contributed by atoms with Crippen LogP contribution in [-0.2, 0) is 0 Å². The van der Waals surface area contributed by atoms with Gasteiger partial charge < -0.3 is 10.6 Å². The second kappa shape index (κ2) is 5.60. The van der Waals surface area contributed by atoms with E-state index in [4.69, 9.17) is 0 Å². The summed E-state index contributed by atoms with van der Waals surface area (Å²) in [6, 6.07) is 7.18. The standard InChI is InChI=1S/C11H17FN2/c1-9(2)13-7-8-14-11-6-4-3-5-10(11)12/h3-6,9,13-14H,7-8H2,1-2H3. The minimum absolute atomic E-state index is 0.197. The van der Waals surface area contributed by atoms with E-state index in [0.29, 0.717) is 11.7 Å². The molecule has 0 radical (unpaired) electrons. The van der Waals surface area contributed by atoms with Crippen LogP contribution in [0.3, 0.4) is 0 Å². The summed E-state index contributed by atoms with van der Waals surface area (Å²) < 4.78 is 13.1. The van der Waals surface area contributed by atoms with Crippen LogP contribution < -0.4 is 10.6 Å². The fourth-order valence-corrected chi connectivity index (χ4v) is 1.16. The van der Waals surface area contributed by atoms with Crippen molar-refractivity contribution in [2.45, 2.75) is 19.9 Å². The first-order valence-corrected chi connectivity index (χ1v) is 4.92. The predicted molar refractivity (Wildman–Crippen MR) is 58.0 cm³/mol. The Labute approximate surface area is 84.5 Å². The van der Waals surface area contributed by atoms with Gasteiger partial charge in [0.25, 0.3) is 0 Å². The van der Waals surface area contributed by atoms with Gasteiger partial charge in [0.1, 0.15) is 5.82 Å². The summed E-state index contributed by atoms with van der Waals surface area (Å²) in [6.45, 7) is 5.75. The molecule has 2 N–H and O–H groups in total. The Kier molecular flexibility index (Phi) is 4.40. The van der Waals surface area contributed by atoms with Crippen LogP contribution in [0.1, 0.15) is 13.8 Å². The third kappa shape index (κ3) is 3.75. The van der Waals surface area contributed by atoms with Gasteiger partial charge in [-0.25, -0.2) is 4.39 Å². The Morgan fingerprint density at radius 1 is 1.21 bits per heavy atom. The first kappa shape index (κ1) is 11.0. The Balaban J connectivity index is 2.28. The van der Waals surface area contributed by atoms with Gasteiger partial charge in [-0.15, -0.1) is 0 Å². The molecule has 78 valence electrons. The summed E-state index contributed by atoms with van der Waals surface area (Å²) in [6.07, 6.45) is 0. The van der Waals surface area contributed by atoms with Crippen LogP contribution in [0.2, 0.25) is 0 Å². The Bertz CT molecular complexity index is 274. The molecule has 1 aromatic rings. The topological polar surface area (TPSA) is 24.1 Å². The van der Waals surface area contributed by atoms with Gasteiger partial charge >= 0.3 is 0 Å². The monoisotopic (exact) mass is 196 g/mol. The van der Waals surface area contributed by atoms with Crippen molar-refractivity contribution in [2.24, 2.45) is 0 Å². The van der Waals surface area contributed by atoms with E-state index >= 15 is 0 Å². The zero-order chi connectivity index (χ0) is 10.4. The summed E-state index contributed by atoms with van der Waals surface area (Å²) in [4.78, 5) is 0. The first-order valence-electron chi connectivity index (χ1n) is 4.92. The van der Waals surface area contributed by atoms with Crippen LogP contribution in [0.4, 0.5) is 10.1 Å². The second-order valence-electron chi connectivity index (χ2n) is 3.52. The molecule has 0 bridgehead atoms. The lowest BCUT2D eigenvalue weighted by Gasteiger charge is -2.10. The van der Waals surface area contributed by atoms with E-state index in [-0.39, 0.29) is 5.82 Å². The number of anilines is 1. The summed E-state index contributed by atoms with van der Waals surface area (Å²) in [5.74, 6) is -0.197. The molecule has 3 heteroatoms. The molecule has 1 rings (SSSR count). The summed E-state index contributed by atoms with van der Waals surface area (Å²) in [5.41, 5.74) is 0.568. The number of nitrogens with one attached hydrogen (secondary N) is 2. The van der Waals surface area contributed by atoms with Crippen molar-refractivity contribution in [3.63, 3.8) is 0 Å². The van der Waals surface area contributed by atoms with Gasteiger partial charge in [0.15, 0.2) is 0 Å². The van der Waals surface area contributed by atoms with Gasteiger partial charge in [0.2, 0.25) is 0 Å². The highest BCUT2D eigenvalue weighted by atomic mass is 19.1. The van der Waals surface area contributed by atoms with E-state index in [2.05, 4.69) is 24.5 Å². The quantitative estimate of drug-likeness (QED) is 0.706. The maximum absolute atomic E-state index is 13.1. The number of halogens is 1. The van der Waals surface area contributed by atoms with Gasteiger partial charge in [-0.05, 0) is 12.1 Å². The Hall–Kier alpha value is -1.09.